The summed E-state index contributed by atoms with van der Waals surface area (Å²) in [4.78, 5) is 11.6. The standard InChI is InChI=1S/C28H27N3O4S.ClH/c1-6-23(17-9-12-36-16-17)35-30-28-20-15-25(33-5)24(32-4)14-19(20)27-26(28)21-13-18(7-8-22(21)29-27)34-11-10-31(2)3;/h1,7-9,12-16,23,29H,10-11H2,2-5H3;1H/b30-28-;. The van der Waals surface area contributed by atoms with E-state index >= 15 is 0 Å². The highest BCUT2D eigenvalue weighted by Gasteiger charge is 2.32. The Balaban J connectivity index is 0.00000320. The van der Waals surface area contributed by atoms with Crippen LogP contribution in [0.1, 0.15) is 22.8 Å². The second-order valence-electron chi connectivity index (χ2n) is 8.64. The number of oxime groups is 1. The highest BCUT2D eigenvalue weighted by atomic mass is 35.5. The number of H-pyrrole nitrogens is 1. The molecule has 0 amide bonds. The van der Waals surface area contributed by atoms with Crippen LogP contribution < -0.4 is 14.2 Å². The van der Waals surface area contributed by atoms with Gasteiger partial charge in [-0.1, -0.05) is 11.1 Å². The van der Waals surface area contributed by atoms with Crippen LogP contribution in [0.15, 0.2) is 52.3 Å². The van der Waals surface area contributed by atoms with E-state index in [0.29, 0.717) is 23.8 Å². The molecule has 192 valence electrons. The van der Waals surface area contributed by atoms with E-state index in [0.717, 1.165) is 51.1 Å². The van der Waals surface area contributed by atoms with Crippen molar-refractivity contribution < 1.29 is 19.0 Å². The lowest BCUT2D eigenvalue weighted by atomic mass is 10.1. The van der Waals surface area contributed by atoms with E-state index in [1.165, 1.54) is 0 Å². The topological polar surface area (TPSA) is 68.3 Å². The lowest BCUT2D eigenvalue weighted by Crippen LogP contribution is -2.19. The molecule has 0 radical (unpaired) electrons. The Labute approximate surface area is 226 Å². The van der Waals surface area contributed by atoms with Gasteiger partial charge in [0, 0.05) is 39.7 Å². The van der Waals surface area contributed by atoms with E-state index < -0.39 is 6.10 Å². The van der Waals surface area contributed by atoms with Crippen molar-refractivity contribution in [3.8, 4) is 40.8 Å². The molecule has 2 heterocycles. The van der Waals surface area contributed by atoms with Crippen molar-refractivity contribution in [3.05, 3.63) is 63.8 Å². The molecule has 1 aliphatic rings. The zero-order valence-electron chi connectivity index (χ0n) is 21.0. The van der Waals surface area contributed by atoms with Crippen LogP contribution in [0.3, 0.4) is 0 Å². The molecule has 0 fully saturated rings. The summed E-state index contributed by atoms with van der Waals surface area (Å²) in [5, 5.41) is 9.53. The fraction of sp³-hybridized carbons (Fsp3) is 0.250. The van der Waals surface area contributed by atoms with Gasteiger partial charge in [-0.15, -0.1) is 18.8 Å². The molecule has 0 spiro atoms. The Morgan fingerprint density at radius 3 is 2.49 bits per heavy atom. The normalized spacial score (nSPS) is 13.6. The number of hydrogen-bond donors (Lipinski definition) is 1. The number of hydrogen-bond acceptors (Lipinski definition) is 7. The SMILES string of the molecule is C#CC(O/N=C1/c2cc(OC)c(OC)cc2-c2[nH]c3ccc(OCCN(C)C)cc3c21)c1ccsc1.Cl. The first-order valence-corrected chi connectivity index (χ1v) is 12.4. The van der Waals surface area contributed by atoms with Gasteiger partial charge in [0.1, 0.15) is 18.1 Å². The van der Waals surface area contributed by atoms with Crippen molar-refractivity contribution >= 4 is 40.4 Å². The maximum Gasteiger partial charge on any atom is 0.213 e. The average Bonchev–Trinajstić information content (AvgIpc) is 3.60. The van der Waals surface area contributed by atoms with Crippen molar-refractivity contribution in [1.29, 1.82) is 0 Å². The first-order valence-electron chi connectivity index (χ1n) is 11.5. The summed E-state index contributed by atoms with van der Waals surface area (Å²) in [6.07, 6.45) is 5.19. The van der Waals surface area contributed by atoms with E-state index in [4.69, 9.17) is 25.5 Å². The molecular weight excluding hydrogens is 510 g/mol. The predicted molar refractivity (Wildman–Crippen MR) is 151 cm³/mol. The number of methoxy groups -OCH3 is 2. The number of nitrogens with one attached hydrogen (secondary N) is 1. The molecule has 1 N–H and O–H groups in total. The number of nitrogens with zero attached hydrogens (tertiary/aromatic N) is 2. The third-order valence-electron chi connectivity index (χ3n) is 6.11. The van der Waals surface area contributed by atoms with Gasteiger partial charge in [0.15, 0.2) is 11.5 Å². The molecule has 0 saturated heterocycles. The first-order chi connectivity index (χ1) is 17.5. The number of fused-ring (bicyclic) bond motifs is 5. The highest BCUT2D eigenvalue weighted by Crippen LogP contribution is 2.46. The summed E-state index contributed by atoms with van der Waals surface area (Å²) in [5.74, 6) is 4.72. The molecule has 1 atom stereocenters. The van der Waals surface area contributed by atoms with Crippen molar-refractivity contribution in [2.45, 2.75) is 6.10 Å². The predicted octanol–water partition coefficient (Wildman–Crippen LogP) is 5.73. The van der Waals surface area contributed by atoms with Crippen molar-refractivity contribution in [3.63, 3.8) is 0 Å². The molecule has 0 aliphatic heterocycles. The lowest BCUT2D eigenvalue weighted by molar-refractivity contribution is 0.100. The summed E-state index contributed by atoms with van der Waals surface area (Å²) in [6.45, 7) is 1.42. The molecule has 9 heteroatoms. The number of rotatable bonds is 9. The third-order valence-corrected chi connectivity index (χ3v) is 6.81. The van der Waals surface area contributed by atoms with Crippen molar-refractivity contribution in [2.24, 2.45) is 5.16 Å². The van der Waals surface area contributed by atoms with Gasteiger partial charge in [-0.3, -0.25) is 0 Å². The molecule has 0 bridgehead atoms. The van der Waals surface area contributed by atoms with E-state index in [1.54, 1.807) is 25.6 Å². The third kappa shape index (κ3) is 4.98. The monoisotopic (exact) mass is 537 g/mol. The van der Waals surface area contributed by atoms with Gasteiger partial charge in [-0.05, 0) is 61.3 Å². The van der Waals surface area contributed by atoms with Gasteiger partial charge in [0.2, 0.25) is 6.10 Å². The minimum atomic E-state index is -0.591. The Kier molecular flexibility index (Phi) is 7.98. The van der Waals surface area contributed by atoms with E-state index in [1.807, 2.05) is 61.3 Å². The Bertz CT molecular complexity index is 1470. The van der Waals surface area contributed by atoms with Crippen LogP contribution in [-0.4, -0.2) is 57.1 Å². The molecule has 2 aromatic heterocycles. The van der Waals surface area contributed by atoms with Crippen LogP contribution >= 0.6 is 23.7 Å². The minimum absolute atomic E-state index is 0. The zero-order chi connectivity index (χ0) is 25.2. The number of aromatic amines is 1. The Hall–Kier alpha value is -3.64. The van der Waals surface area contributed by atoms with E-state index in [9.17, 15) is 0 Å². The van der Waals surface area contributed by atoms with E-state index in [-0.39, 0.29) is 12.4 Å². The number of ether oxygens (including phenoxy) is 3. The van der Waals surface area contributed by atoms with Gasteiger partial charge < -0.3 is 28.9 Å². The number of halogens is 1. The fourth-order valence-electron chi connectivity index (χ4n) is 4.28. The van der Waals surface area contributed by atoms with Crippen LogP contribution in [0.25, 0.3) is 22.2 Å². The molecule has 0 saturated carbocycles. The highest BCUT2D eigenvalue weighted by molar-refractivity contribution is 7.08. The molecule has 1 unspecified atom stereocenters. The molecule has 1 aliphatic carbocycles. The van der Waals surface area contributed by atoms with Gasteiger partial charge in [-0.25, -0.2) is 0 Å². The van der Waals surface area contributed by atoms with Crippen LogP contribution in [0.4, 0.5) is 0 Å². The molecule has 37 heavy (non-hydrogen) atoms. The minimum Gasteiger partial charge on any atom is -0.493 e. The number of likely N-dealkylation sites (N-methyl/N-ethyl adjacent to an activating group) is 1. The summed E-state index contributed by atoms with van der Waals surface area (Å²) in [6, 6.07) is 11.8. The summed E-state index contributed by atoms with van der Waals surface area (Å²) in [5.41, 5.74) is 6.22. The smallest absolute Gasteiger partial charge is 0.213 e. The van der Waals surface area contributed by atoms with E-state index in [2.05, 4.69) is 21.0 Å². The van der Waals surface area contributed by atoms with Gasteiger partial charge in [0.05, 0.1) is 19.9 Å². The second kappa shape index (κ2) is 11.2. The molecular formula is C28H28ClN3O4S. The van der Waals surface area contributed by atoms with Crippen LogP contribution in [0.5, 0.6) is 17.2 Å². The summed E-state index contributed by atoms with van der Waals surface area (Å²) >= 11 is 1.56. The average molecular weight is 538 g/mol. The number of benzene rings is 2. The molecule has 7 nitrogen and oxygen atoms in total. The van der Waals surface area contributed by atoms with Crippen molar-refractivity contribution in [2.75, 3.05) is 41.5 Å². The van der Waals surface area contributed by atoms with Crippen LogP contribution in [0, 0.1) is 12.3 Å². The fourth-order valence-corrected chi connectivity index (χ4v) is 4.96. The van der Waals surface area contributed by atoms with Crippen molar-refractivity contribution in [1.82, 2.24) is 9.88 Å². The Morgan fingerprint density at radius 2 is 1.84 bits per heavy atom. The largest absolute Gasteiger partial charge is 0.493 e. The molecule has 4 aromatic rings. The summed E-state index contributed by atoms with van der Waals surface area (Å²) in [7, 11) is 7.28. The first kappa shape index (κ1) is 26.4. The number of aromatic nitrogens is 1. The maximum atomic E-state index is 6.01. The summed E-state index contributed by atoms with van der Waals surface area (Å²) < 4.78 is 17.2. The van der Waals surface area contributed by atoms with Crippen LogP contribution in [-0.2, 0) is 4.84 Å². The zero-order valence-corrected chi connectivity index (χ0v) is 22.7. The number of terminal acetylenes is 1. The lowest BCUT2D eigenvalue weighted by Gasteiger charge is -2.12. The Morgan fingerprint density at radius 1 is 1.08 bits per heavy atom. The van der Waals surface area contributed by atoms with Gasteiger partial charge in [0.25, 0.3) is 0 Å². The molecule has 5 rings (SSSR count). The quantitative estimate of drug-likeness (QED) is 0.192. The maximum absolute atomic E-state index is 6.01. The van der Waals surface area contributed by atoms with Gasteiger partial charge >= 0.3 is 0 Å². The number of thiophene rings is 1. The second-order valence-corrected chi connectivity index (χ2v) is 9.42. The molecule has 2 aromatic carbocycles. The van der Waals surface area contributed by atoms with Crippen LogP contribution in [0.2, 0.25) is 0 Å². The van der Waals surface area contributed by atoms with Gasteiger partial charge in [-0.2, -0.15) is 11.3 Å².